The Morgan fingerprint density at radius 2 is 2.38 bits per heavy atom. The molecule has 90 valence electrons. The summed E-state index contributed by atoms with van der Waals surface area (Å²) >= 11 is 0. The van der Waals surface area contributed by atoms with E-state index >= 15 is 0 Å². The number of nitrogens with one attached hydrogen (secondary N) is 1. The van der Waals surface area contributed by atoms with E-state index in [0.29, 0.717) is 11.5 Å². The zero-order valence-electron chi connectivity index (χ0n) is 10.7. The van der Waals surface area contributed by atoms with Crippen LogP contribution in [0.15, 0.2) is 12.4 Å². The Morgan fingerprint density at radius 1 is 1.56 bits per heavy atom. The van der Waals surface area contributed by atoms with Crippen LogP contribution < -0.4 is 5.32 Å². The highest BCUT2D eigenvalue weighted by molar-refractivity contribution is 5.04. The fraction of sp³-hybridized carbons (Fsp3) is 0.769. The van der Waals surface area contributed by atoms with Crippen LogP contribution >= 0.6 is 0 Å². The molecule has 3 heteroatoms. The van der Waals surface area contributed by atoms with Gasteiger partial charge in [0, 0.05) is 30.9 Å². The molecule has 1 saturated carbocycles. The van der Waals surface area contributed by atoms with Crippen LogP contribution in [0.4, 0.5) is 0 Å². The first-order valence-corrected chi connectivity index (χ1v) is 6.34. The van der Waals surface area contributed by atoms with Crippen LogP contribution in [-0.2, 0) is 13.1 Å². The maximum atomic E-state index is 4.29. The van der Waals surface area contributed by atoms with Crippen molar-refractivity contribution in [3.05, 3.63) is 18.0 Å². The number of aryl methyl sites for hydroxylation is 1. The molecule has 1 fully saturated rings. The van der Waals surface area contributed by atoms with Gasteiger partial charge in [-0.3, -0.25) is 4.68 Å². The lowest BCUT2D eigenvalue weighted by molar-refractivity contribution is 0.364. The van der Waals surface area contributed by atoms with Crippen molar-refractivity contribution in [3.63, 3.8) is 0 Å². The summed E-state index contributed by atoms with van der Waals surface area (Å²) in [7, 11) is 0. The van der Waals surface area contributed by atoms with Gasteiger partial charge in [-0.1, -0.05) is 13.8 Å². The molecule has 0 radical (unpaired) electrons. The highest BCUT2D eigenvalue weighted by Crippen LogP contribution is 2.36. The minimum Gasteiger partial charge on any atom is -0.310 e. The summed E-state index contributed by atoms with van der Waals surface area (Å²) in [6.45, 7) is 8.76. The number of hydrogen-bond donors (Lipinski definition) is 1. The van der Waals surface area contributed by atoms with Gasteiger partial charge < -0.3 is 5.32 Å². The third-order valence-electron chi connectivity index (χ3n) is 3.57. The van der Waals surface area contributed by atoms with E-state index < -0.39 is 0 Å². The highest BCUT2D eigenvalue weighted by atomic mass is 15.3. The molecule has 2 rings (SSSR count). The zero-order chi connectivity index (χ0) is 11.6. The number of rotatable bonds is 4. The average Bonchev–Trinajstić information content (AvgIpc) is 2.81. The lowest BCUT2D eigenvalue weighted by atomic mass is 9.92. The van der Waals surface area contributed by atoms with Gasteiger partial charge in [-0.25, -0.2) is 0 Å². The van der Waals surface area contributed by atoms with E-state index in [1.54, 1.807) is 0 Å². The lowest BCUT2D eigenvalue weighted by Crippen LogP contribution is -2.26. The molecule has 0 amide bonds. The molecule has 1 atom stereocenters. The second-order valence-electron chi connectivity index (χ2n) is 5.69. The second-order valence-corrected chi connectivity index (χ2v) is 5.69. The van der Waals surface area contributed by atoms with Gasteiger partial charge in [0.1, 0.15) is 0 Å². The van der Waals surface area contributed by atoms with Crippen molar-refractivity contribution in [1.29, 1.82) is 0 Å². The van der Waals surface area contributed by atoms with Crippen LogP contribution in [0, 0.1) is 5.41 Å². The van der Waals surface area contributed by atoms with Gasteiger partial charge >= 0.3 is 0 Å². The predicted octanol–water partition coefficient (Wildman–Crippen LogP) is 2.57. The average molecular weight is 221 g/mol. The number of nitrogens with zero attached hydrogens (tertiary/aromatic N) is 2. The molecule has 1 aliphatic carbocycles. The topological polar surface area (TPSA) is 29.9 Å². The zero-order valence-corrected chi connectivity index (χ0v) is 10.7. The van der Waals surface area contributed by atoms with Crippen LogP contribution in [0.5, 0.6) is 0 Å². The molecule has 1 unspecified atom stereocenters. The molecular weight excluding hydrogens is 198 g/mol. The molecule has 1 aromatic heterocycles. The molecule has 1 heterocycles. The molecule has 16 heavy (non-hydrogen) atoms. The molecule has 1 aliphatic rings. The van der Waals surface area contributed by atoms with Gasteiger partial charge in [-0.15, -0.1) is 0 Å². The van der Waals surface area contributed by atoms with Crippen molar-refractivity contribution < 1.29 is 0 Å². The van der Waals surface area contributed by atoms with Crippen molar-refractivity contribution in [1.82, 2.24) is 15.1 Å². The Kier molecular flexibility index (Phi) is 3.33. The minimum absolute atomic E-state index is 0.533. The molecule has 0 aliphatic heterocycles. The largest absolute Gasteiger partial charge is 0.310 e. The van der Waals surface area contributed by atoms with E-state index in [4.69, 9.17) is 0 Å². The summed E-state index contributed by atoms with van der Waals surface area (Å²) in [6.07, 6.45) is 8.06. The van der Waals surface area contributed by atoms with E-state index in [1.165, 1.54) is 24.8 Å². The van der Waals surface area contributed by atoms with E-state index in [9.17, 15) is 0 Å². The Labute approximate surface area is 98.2 Å². The summed E-state index contributed by atoms with van der Waals surface area (Å²) in [5, 5.41) is 7.92. The summed E-state index contributed by atoms with van der Waals surface area (Å²) in [6, 6.07) is 0.694. The van der Waals surface area contributed by atoms with E-state index in [1.807, 2.05) is 10.9 Å². The maximum Gasteiger partial charge on any atom is 0.0534 e. The van der Waals surface area contributed by atoms with Gasteiger partial charge in [0.25, 0.3) is 0 Å². The van der Waals surface area contributed by atoms with Crippen molar-refractivity contribution in [2.45, 2.75) is 59.2 Å². The Hall–Kier alpha value is -0.830. The van der Waals surface area contributed by atoms with E-state index in [0.717, 1.165) is 13.1 Å². The van der Waals surface area contributed by atoms with Crippen molar-refractivity contribution in [2.24, 2.45) is 5.41 Å². The maximum absolute atomic E-state index is 4.29. The normalized spacial score (nSPS) is 23.8. The Morgan fingerprint density at radius 3 is 2.94 bits per heavy atom. The lowest BCUT2D eigenvalue weighted by Gasteiger charge is -2.17. The molecule has 0 bridgehead atoms. The summed E-state index contributed by atoms with van der Waals surface area (Å²) in [4.78, 5) is 0. The smallest absolute Gasteiger partial charge is 0.0534 e. The van der Waals surface area contributed by atoms with Gasteiger partial charge in [0.05, 0.1) is 6.20 Å². The first kappa shape index (κ1) is 11.6. The van der Waals surface area contributed by atoms with Gasteiger partial charge in [-0.05, 0) is 31.6 Å². The molecule has 0 aromatic carbocycles. The van der Waals surface area contributed by atoms with Crippen LogP contribution in [0.25, 0.3) is 0 Å². The molecule has 1 N–H and O–H groups in total. The van der Waals surface area contributed by atoms with Gasteiger partial charge in [0.15, 0.2) is 0 Å². The number of hydrogen-bond acceptors (Lipinski definition) is 2. The SMILES string of the molecule is CCn1cc(CNC2CCC(C)(C)C2)cn1. The van der Waals surface area contributed by atoms with Crippen molar-refractivity contribution >= 4 is 0 Å². The van der Waals surface area contributed by atoms with E-state index in [-0.39, 0.29) is 0 Å². The second kappa shape index (κ2) is 4.58. The predicted molar refractivity (Wildman–Crippen MR) is 66.2 cm³/mol. The fourth-order valence-electron chi connectivity index (χ4n) is 2.54. The molecule has 3 nitrogen and oxygen atoms in total. The summed E-state index contributed by atoms with van der Waals surface area (Å²) < 4.78 is 1.98. The third kappa shape index (κ3) is 2.85. The van der Waals surface area contributed by atoms with Gasteiger partial charge in [-0.2, -0.15) is 5.10 Å². The third-order valence-corrected chi connectivity index (χ3v) is 3.57. The first-order chi connectivity index (χ1) is 7.59. The van der Waals surface area contributed by atoms with Crippen LogP contribution in [0.3, 0.4) is 0 Å². The molecular formula is C13H23N3. The Bertz CT molecular complexity index is 341. The number of aromatic nitrogens is 2. The molecule has 0 saturated heterocycles. The standard InChI is InChI=1S/C13H23N3/c1-4-16-10-11(9-15-16)8-14-12-5-6-13(2,3)7-12/h9-10,12,14H,4-8H2,1-3H3. The molecule has 0 spiro atoms. The van der Waals surface area contributed by atoms with Crippen LogP contribution in [0.2, 0.25) is 0 Å². The quantitative estimate of drug-likeness (QED) is 0.847. The van der Waals surface area contributed by atoms with Crippen LogP contribution in [0.1, 0.15) is 45.6 Å². The molecule has 1 aromatic rings. The van der Waals surface area contributed by atoms with Crippen LogP contribution in [-0.4, -0.2) is 15.8 Å². The summed E-state index contributed by atoms with van der Waals surface area (Å²) in [5.41, 5.74) is 1.83. The van der Waals surface area contributed by atoms with Crippen molar-refractivity contribution in [2.75, 3.05) is 0 Å². The minimum atomic E-state index is 0.533. The summed E-state index contributed by atoms with van der Waals surface area (Å²) in [5.74, 6) is 0. The highest BCUT2D eigenvalue weighted by Gasteiger charge is 2.30. The van der Waals surface area contributed by atoms with Gasteiger partial charge in [0.2, 0.25) is 0 Å². The Balaban J connectivity index is 1.80. The fourth-order valence-corrected chi connectivity index (χ4v) is 2.54. The van der Waals surface area contributed by atoms with Crippen molar-refractivity contribution in [3.8, 4) is 0 Å². The first-order valence-electron chi connectivity index (χ1n) is 6.34. The monoisotopic (exact) mass is 221 g/mol. The van der Waals surface area contributed by atoms with E-state index in [2.05, 4.69) is 37.4 Å².